The van der Waals surface area contributed by atoms with Gasteiger partial charge < -0.3 is 10.2 Å². The highest BCUT2D eigenvalue weighted by Gasteiger charge is 2.30. The van der Waals surface area contributed by atoms with Crippen LogP contribution in [-0.4, -0.2) is 34.9 Å². The topological polar surface area (TPSA) is 101 Å². The zero-order valence-electron chi connectivity index (χ0n) is 11.5. The Morgan fingerprint density at radius 1 is 1.19 bits per heavy atom. The average Bonchev–Trinajstić information content (AvgIpc) is 2.44. The van der Waals surface area contributed by atoms with Crippen molar-refractivity contribution in [2.45, 2.75) is 19.3 Å². The number of carboxylic acids is 2. The summed E-state index contributed by atoms with van der Waals surface area (Å²) in [6.45, 7) is 0.241. The second kappa shape index (κ2) is 9.21. The van der Waals surface area contributed by atoms with E-state index in [4.69, 9.17) is 14.7 Å². The number of aliphatic carboxylic acids is 2. The van der Waals surface area contributed by atoms with Crippen LogP contribution in [0.2, 0.25) is 0 Å². The summed E-state index contributed by atoms with van der Waals surface area (Å²) >= 11 is 0. The summed E-state index contributed by atoms with van der Waals surface area (Å²) in [4.78, 5) is 21.4. The highest BCUT2D eigenvalue weighted by Crippen LogP contribution is 2.28. The molecule has 1 aromatic rings. The molecule has 0 aliphatic heterocycles. The summed E-state index contributed by atoms with van der Waals surface area (Å²) in [6, 6.07) is 9.51. The summed E-state index contributed by atoms with van der Waals surface area (Å²) in [5.41, 5.74) is 1.04. The Hall–Kier alpha value is -1.78. The van der Waals surface area contributed by atoms with E-state index >= 15 is 0 Å². The van der Waals surface area contributed by atoms with Gasteiger partial charge in [-0.05, 0) is 16.5 Å². The lowest BCUT2D eigenvalue weighted by Crippen LogP contribution is -2.18. The SMILES string of the molecule is O=C(O)CCC(C[P+](=O)OCCc1ccccc1)C(=O)O. The fourth-order valence-electron chi connectivity index (χ4n) is 1.73. The maximum Gasteiger partial charge on any atom is 0.508 e. The summed E-state index contributed by atoms with van der Waals surface area (Å²) in [7, 11) is -2.10. The van der Waals surface area contributed by atoms with Crippen molar-refractivity contribution < 1.29 is 28.9 Å². The summed E-state index contributed by atoms with van der Waals surface area (Å²) in [6.07, 6.45) is 0.124. The molecule has 2 atom stereocenters. The second-order valence-corrected chi connectivity index (χ2v) is 5.84. The van der Waals surface area contributed by atoms with Gasteiger partial charge in [-0.1, -0.05) is 30.3 Å². The monoisotopic (exact) mass is 313 g/mol. The van der Waals surface area contributed by atoms with E-state index in [0.717, 1.165) is 5.56 Å². The Labute approximate surface area is 123 Å². The average molecular weight is 313 g/mol. The first kappa shape index (κ1) is 17.3. The van der Waals surface area contributed by atoms with Crippen LogP contribution in [-0.2, 0) is 25.1 Å². The van der Waals surface area contributed by atoms with Crippen molar-refractivity contribution in [1.29, 1.82) is 0 Å². The normalized spacial score (nSPS) is 12.7. The van der Waals surface area contributed by atoms with Crippen molar-refractivity contribution in [3.8, 4) is 0 Å². The largest absolute Gasteiger partial charge is 0.508 e. The van der Waals surface area contributed by atoms with Crippen molar-refractivity contribution >= 4 is 20.0 Å². The van der Waals surface area contributed by atoms with Gasteiger partial charge >= 0.3 is 20.0 Å². The Morgan fingerprint density at radius 2 is 1.86 bits per heavy atom. The zero-order chi connectivity index (χ0) is 15.7. The van der Waals surface area contributed by atoms with Gasteiger partial charge in [0.1, 0.15) is 12.5 Å². The number of hydrogen-bond donors (Lipinski definition) is 2. The molecule has 21 heavy (non-hydrogen) atoms. The zero-order valence-corrected chi connectivity index (χ0v) is 12.4. The maximum absolute atomic E-state index is 11.7. The Bertz CT molecular complexity index is 487. The van der Waals surface area contributed by atoms with Gasteiger partial charge in [-0.3, -0.25) is 9.59 Å². The molecule has 6 nitrogen and oxygen atoms in total. The molecule has 0 amide bonds. The molecule has 7 heteroatoms. The summed E-state index contributed by atoms with van der Waals surface area (Å²) in [5, 5.41) is 17.5. The predicted octanol–water partition coefficient (Wildman–Crippen LogP) is 2.55. The van der Waals surface area contributed by atoms with Crippen molar-refractivity contribution in [2.24, 2.45) is 5.92 Å². The fourth-order valence-corrected chi connectivity index (χ4v) is 2.83. The van der Waals surface area contributed by atoms with Gasteiger partial charge in [-0.25, -0.2) is 0 Å². The van der Waals surface area contributed by atoms with E-state index in [1.807, 2.05) is 30.3 Å². The first-order valence-corrected chi connectivity index (χ1v) is 7.91. The molecule has 1 rings (SSSR count). The third kappa shape index (κ3) is 7.54. The third-order valence-corrected chi connectivity index (χ3v) is 4.10. The van der Waals surface area contributed by atoms with Crippen LogP contribution in [0, 0.1) is 5.92 Å². The lowest BCUT2D eigenvalue weighted by atomic mass is 10.1. The van der Waals surface area contributed by atoms with Crippen molar-refractivity contribution in [1.82, 2.24) is 0 Å². The minimum atomic E-state index is -2.10. The van der Waals surface area contributed by atoms with Gasteiger partial charge in [0.2, 0.25) is 0 Å². The van der Waals surface area contributed by atoms with E-state index in [1.165, 1.54) is 0 Å². The quantitative estimate of drug-likeness (QED) is 0.644. The van der Waals surface area contributed by atoms with E-state index in [1.54, 1.807) is 0 Å². The Morgan fingerprint density at radius 3 is 2.43 bits per heavy atom. The molecule has 0 saturated carbocycles. The summed E-state index contributed by atoms with van der Waals surface area (Å²) < 4.78 is 16.8. The van der Waals surface area contributed by atoms with E-state index in [9.17, 15) is 14.2 Å². The summed E-state index contributed by atoms with van der Waals surface area (Å²) in [5.74, 6) is -3.17. The van der Waals surface area contributed by atoms with Crippen LogP contribution in [0.25, 0.3) is 0 Å². The highest BCUT2D eigenvalue weighted by atomic mass is 31.1. The van der Waals surface area contributed by atoms with Gasteiger partial charge in [0.15, 0.2) is 6.16 Å². The molecule has 0 radical (unpaired) electrons. The molecule has 0 fully saturated rings. The van der Waals surface area contributed by atoms with Crippen molar-refractivity contribution in [3.05, 3.63) is 35.9 Å². The lowest BCUT2D eigenvalue weighted by Gasteiger charge is -2.04. The van der Waals surface area contributed by atoms with Gasteiger partial charge in [0, 0.05) is 12.8 Å². The number of hydrogen-bond acceptors (Lipinski definition) is 4. The van der Waals surface area contributed by atoms with E-state index in [0.29, 0.717) is 6.42 Å². The van der Waals surface area contributed by atoms with Crippen molar-refractivity contribution in [2.75, 3.05) is 12.8 Å². The predicted molar refractivity (Wildman–Crippen MR) is 76.6 cm³/mol. The first-order chi connectivity index (χ1) is 9.99. The van der Waals surface area contributed by atoms with Crippen LogP contribution in [0.1, 0.15) is 18.4 Å². The lowest BCUT2D eigenvalue weighted by molar-refractivity contribution is -0.142. The molecule has 114 valence electrons. The molecule has 0 aromatic heterocycles. The van der Waals surface area contributed by atoms with Crippen LogP contribution in [0.4, 0.5) is 0 Å². The smallest absolute Gasteiger partial charge is 0.481 e. The Balaban J connectivity index is 2.33. The fraction of sp³-hybridized carbons (Fsp3) is 0.429. The van der Waals surface area contributed by atoms with Crippen molar-refractivity contribution in [3.63, 3.8) is 0 Å². The molecule has 0 spiro atoms. The van der Waals surface area contributed by atoms with Crippen LogP contribution in [0.15, 0.2) is 30.3 Å². The third-order valence-electron chi connectivity index (χ3n) is 2.89. The van der Waals surface area contributed by atoms with Crippen LogP contribution in [0.5, 0.6) is 0 Å². The second-order valence-electron chi connectivity index (χ2n) is 4.55. The molecular formula is C14H18O6P+. The van der Waals surface area contributed by atoms with Crippen LogP contribution >= 0.6 is 8.03 Å². The molecule has 2 N–H and O–H groups in total. The molecule has 2 unspecified atom stereocenters. The molecule has 0 heterocycles. The van der Waals surface area contributed by atoms with E-state index in [2.05, 4.69) is 0 Å². The minimum Gasteiger partial charge on any atom is -0.481 e. The molecule has 0 saturated heterocycles. The highest BCUT2D eigenvalue weighted by molar-refractivity contribution is 7.39. The molecule has 0 aliphatic carbocycles. The van der Waals surface area contributed by atoms with E-state index in [-0.39, 0.29) is 25.6 Å². The standard InChI is InChI=1S/C14H17O6P/c15-13(16)7-6-12(14(17)18)10-21(19)20-9-8-11-4-2-1-3-5-11/h1-5,12H,6-10H2,(H-,15,16,17,18)/p+1. The van der Waals surface area contributed by atoms with E-state index < -0.39 is 25.9 Å². The van der Waals surface area contributed by atoms with Gasteiger partial charge in [-0.2, -0.15) is 0 Å². The molecule has 0 bridgehead atoms. The Kier molecular flexibility index (Phi) is 7.58. The van der Waals surface area contributed by atoms with Gasteiger partial charge in [0.25, 0.3) is 0 Å². The number of rotatable bonds is 10. The van der Waals surface area contributed by atoms with Crippen LogP contribution in [0.3, 0.4) is 0 Å². The number of benzene rings is 1. The minimum absolute atomic E-state index is 0.0478. The first-order valence-electron chi connectivity index (χ1n) is 6.55. The van der Waals surface area contributed by atoms with Gasteiger partial charge in [0.05, 0.1) is 0 Å². The number of carboxylic acid groups (broad SMARTS) is 2. The molecule has 0 aliphatic rings. The number of carbonyl (C=O) groups is 2. The molecule has 1 aromatic carbocycles. The van der Waals surface area contributed by atoms with Crippen LogP contribution < -0.4 is 0 Å². The molecular weight excluding hydrogens is 295 g/mol. The van der Waals surface area contributed by atoms with Gasteiger partial charge in [-0.15, -0.1) is 4.52 Å². The maximum atomic E-state index is 11.7.